The van der Waals surface area contributed by atoms with Crippen LogP contribution in [0.4, 0.5) is 5.69 Å². The summed E-state index contributed by atoms with van der Waals surface area (Å²) in [6, 6.07) is 8.47. The molecule has 5 heteroatoms. The molecule has 1 heterocycles. The Morgan fingerprint density at radius 1 is 1.33 bits per heavy atom. The zero-order valence-electron chi connectivity index (χ0n) is 12.6. The van der Waals surface area contributed by atoms with Gasteiger partial charge in [-0.3, -0.25) is 9.59 Å². The average Bonchev–Trinajstić information content (AvgIpc) is 2.49. The summed E-state index contributed by atoms with van der Waals surface area (Å²) in [5, 5.41) is 2.79. The molecular weight excluding hydrogens is 266 g/mol. The van der Waals surface area contributed by atoms with Crippen LogP contribution in [0.15, 0.2) is 30.3 Å². The van der Waals surface area contributed by atoms with Crippen molar-refractivity contribution in [2.45, 2.75) is 38.8 Å². The number of hydrogen-bond donors (Lipinski definition) is 2. The molecule has 0 spiro atoms. The molecule has 0 saturated carbocycles. The molecule has 1 fully saturated rings. The van der Waals surface area contributed by atoms with Crippen LogP contribution in [-0.4, -0.2) is 30.4 Å². The molecule has 114 valence electrons. The molecule has 0 radical (unpaired) electrons. The molecule has 1 saturated heterocycles. The summed E-state index contributed by atoms with van der Waals surface area (Å²) in [6.07, 6.45) is 1.53. The number of nitrogens with zero attached hydrogens (tertiary/aromatic N) is 1. The lowest BCUT2D eigenvalue weighted by Gasteiger charge is -2.33. The molecule has 2 amide bonds. The molecule has 2 atom stereocenters. The SMILES string of the molecule is CC(C)[C@H](N)C(=O)NC1CCCN(c2ccccc2)C1=O. The molecule has 0 bridgehead atoms. The normalized spacial score (nSPS) is 20.5. The number of amides is 2. The fraction of sp³-hybridized carbons (Fsp3) is 0.500. The van der Waals surface area contributed by atoms with Crippen LogP contribution in [0.25, 0.3) is 0 Å². The maximum atomic E-state index is 12.5. The average molecular weight is 289 g/mol. The summed E-state index contributed by atoms with van der Waals surface area (Å²) in [6.45, 7) is 4.47. The standard InChI is InChI=1S/C16H23N3O2/c1-11(2)14(17)15(20)18-13-9-6-10-19(16(13)21)12-7-4-3-5-8-12/h3-5,7-8,11,13-14H,6,9-10,17H2,1-2H3,(H,18,20)/t13?,14-/m0/s1. The van der Waals surface area contributed by atoms with Crippen LogP contribution in [0.3, 0.4) is 0 Å². The van der Waals surface area contributed by atoms with Gasteiger partial charge in [-0.15, -0.1) is 0 Å². The maximum absolute atomic E-state index is 12.5. The van der Waals surface area contributed by atoms with Crippen molar-refractivity contribution in [2.24, 2.45) is 11.7 Å². The summed E-state index contributed by atoms with van der Waals surface area (Å²) >= 11 is 0. The zero-order valence-corrected chi connectivity index (χ0v) is 12.6. The smallest absolute Gasteiger partial charge is 0.249 e. The lowest BCUT2D eigenvalue weighted by Crippen LogP contribution is -2.56. The number of carbonyl (C=O) groups excluding carboxylic acids is 2. The molecular formula is C16H23N3O2. The predicted molar refractivity (Wildman–Crippen MR) is 82.8 cm³/mol. The van der Waals surface area contributed by atoms with E-state index in [0.717, 1.165) is 12.1 Å². The first-order valence-corrected chi connectivity index (χ1v) is 7.43. The molecule has 1 aliphatic heterocycles. The minimum Gasteiger partial charge on any atom is -0.343 e. The quantitative estimate of drug-likeness (QED) is 0.877. The minimum absolute atomic E-state index is 0.0499. The molecule has 0 aromatic heterocycles. The van der Waals surface area contributed by atoms with Crippen molar-refractivity contribution in [3.8, 4) is 0 Å². The van der Waals surface area contributed by atoms with Crippen molar-refractivity contribution < 1.29 is 9.59 Å². The molecule has 5 nitrogen and oxygen atoms in total. The predicted octanol–water partition coefficient (Wildman–Crippen LogP) is 1.28. The molecule has 1 aliphatic rings. The summed E-state index contributed by atoms with van der Waals surface area (Å²) in [7, 11) is 0. The van der Waals surface area contributed by atoms with Gasteiger partial charge < -0.3 is 16.0 Å². The third kappa shape index (κ3) is 3.61. The lowest BCUT2D eigenvalue weighted by atomic mass is 10.0. The Morgan fingerprint density at radius 3 is 2.62 bits per heavy atom. The lowest BCUT2D eigenvalue weighted by molar-refractivity contribution is -0.129. The third-order valence-electron chi connectivity index (χ3n) is 3.84. The van der Waals surface area contributed by atoms with Gasteiger partial charge in [0.2, 0.25) is 11.8 Å². The first-order valence-electron chi connectivity index (χ1n) is 7.43. The van der Waals surface area contributed by atoms with E-state index in [1.807, 2.05) is 44.2 Å². The zero-order chi connectivity index (χ0) is 15.4. The van der Waals surface area contributed by atoms with Crippen LogP contribution in [-0.2, 0) is 9.59 Å². The molecule has 1 aromatic rings. The second-order valence-corrected chi connectivity index (χ2v) is 5.80. The second kappa shape index (κ2) is 6.72. The number of benzene rings is 1. The number of carbonyl (C=O) groups is 2. The van der Waals surface area contributed by atoms with E-state index in [4.69, 9.17) is 5.73 Å². The Balaban J connectivity index is 2.05. The minimum atomic E-state index is -0.579. The Bertz CT molecular complexity index is 502. The highest BCUT2D eigenvalue weighted by Crippen LogP contribution is 2.20. The van der Waals surface area contributed by atoms with Gasteiger partial charge in [0, 0.05) is 12.2 Å². The number of hydrogen-bond acceptors (Lipinski definition) is 3. The van der Waals surface area contributed by atoms with Crippen molar-refractivity contribution in [1.29, 1.82) is 0 Å². The largest absolute Gasteiger partial charge is 0.343 e. The van der Waals surface area contributed by atoms with Gasteiger partial charge >= 0.3 is 0 Å². The number of anilines is 1. The van der Waals surface area contributed by atoms with Gasteiger partial charge in [-0.1, -0.05) is 32.0 Å². The molecule has 1 unspecified atom stereocenters. The van der Waals surface area contributed by atoms with Crippen molar-refractivity contribution in [3.63, 3.8) is 0 Å². The van der Waals surface area contributed by atoms with Gasteiger partial charge in [0.1, 0.15) is 6.04 Å². The molecule has 2 rings (SSSR count). The summed E-state index contributed by atoms with van der Waals surface area (Å²) < 4.78 is 0. The van der Waals surface area contributed by atoms with Gasteiger partial charge in [-0.25, -0.2) is 0 Å². The van der Waals surface area contributed by atoms with E-state index in [9.17, 15) is 9.59 Å². The summed E-state index contributed by atoms with van der Waals surface area (Å²) in [4.78, 5) is 26.3. The third-order valence-corrected chi connectivity index (χ3v) is 3.84. The number of rotatable bonds is 4. The van der Waals surface area contributed by atoms with Crippen molar-refractivity contribution in [2.75, 3.05) is 11.4 Å². The van der Waals surface area contributed by atoms with Crippen molar-refractivity contribution in [1.82, 2.24) is 5.32 Å². The highest BCUT2D eigenvalue weighted by Gasteiger charge is 2.32. The summed E-state index contributed by atoms with van der Waals surface area (Å²) in [5.41, 5.74) is 6.70. The molecule has 3 N–H and O–H groups in total. The van der Waals surface area contributed by atoms with E-state index < -0.39 is 12.1 Å². The fourth-order valence-electron chi connectivity index (χ4n) is 2.44. The van der Waals surface area contributed by atoms with E-state index in [1.54, 1.807) is 4.90 Å². The van der Waals surface area contributed by atoms with Crippen molar-refractivity contribution in [3.05, 3.63) is 30.3 Å². The van der Waals surface area contributed by atoms with Crippen molar-refractivity contribution >= 4 is 17.5 Å². The number of para-hydroxylation sites is 1. The molecule has 21 heavy (non-hydrogen) atoms. The Hall–Kier alpha value is -1.88. The van der Waals surface area contributed by atoms with Crippen LogP contribution in [0.1, 0.15) is 26.7 Å². The Kier molecular flexibility index (Phi) is 4.96. The second-order valence-electron chi connectivity index (χ2n) is 5.80. The van der Waals surface area contributed by atoms with E-state index in [2.05, 4.69) is 5.32 Å². The number of nitrogens with one attached hydrogen (secondary N) is 1. The van der Waals surface area contributed by atoms with Crippen LogP contribution < -0.4 is 16.0 Å². The van der Waals surface area contributed by atoms with Gasteiger partial charge in [0.15, 0.2) is 0 Å². The highest BCUT2D eigenvalue weighted by molar-refractivity contribution is 6.00. The number of piperidine rings is 1. The first-order chi connectivity index (χ1) is 10.0. The van der Waals surface area contributed by atoms with E-state index >= 15 is 0 Å². The first kappa shape index (κ1) is 15.5. The van der Waals surface area contributed by atoms with Gasteiger partial charge in [-0.05, 0) is 30.9 Å². The van der Waals surface area contributed by atoms with E-state index in [-0.39, 0.29) is 17.7 Å². The van der Waals surface area contributed by atoms with Crippen LogP contribution in [0.2, 0.25) is 0 Å². The monoisotopic (exact) mass is 289 g/mol. The Labute approximate surface area is 125 Å². The molecule has 0 aliphatic carbocycles. The van der Waals surface area contributed by atoms with Gasteiger partial charge in [0.25, 0.3) is 0 Å². The topological polar surface area (TPSA) is 75.4 Å². The highest BCUT2D eigenvalue weighted by atomic mass is 16.2. The van der Waals surface area contributed by atoms with Gasteiger partial charge in [0.05, 0.1) is 6.04 Å². The molecule has 1 aromatic carbocycles. The fourth-order valence-corrected chi connectivity index (χ4v) is 2.44. The Morgan fingerprint density at radius 2 is 2.00 bits per heavy atom. The van der Waals surface area contributed by atoms with Crippen LogP contribution in [0.5, 0.6) is 0 Å². The van der Waals surface area contributed by atoms with Crippen LogP contribution in [0, 0.1) is 5.92 Å². The van der Waals surface area contributed by atoms with E-state index in [0.29, 0.717) is 13.0 Å². The van der Waals surface area contributed by atoms with E-state index in [1.165, 1.54) is 0 Å². The van der Waals surface area contributed by atoms with Crippen LogP contribution >= 0.6 is 0 Å². The summed E-state index contributed by atoms with van der Waals surface area (Å²) in [5.74, 6) is -0.260. The van der Waals surface area contributed by atoms with Gasteiger partial charge in [-0.2, -0.15) is 0 Å². The number of nitrogens with two attached hydrogens (primary N) is 1. The maximum Gasteiger partial charge on any atom is 0.249 e.